The van der Waals surface area contributed by atoms with Crippen LogP contribution in [0.3, 0.4) is 0 Å². The first-order valence-electron chi connectivity index (χ1n) is 8.03. The number of nitrogens with zero attached hydrogens (tertiary/aromatic N) is 1. The van der Waals surface area contributed by atoms with Gasteiger partial charge in [-0.15, -0.1) is 11.3 Å². The number of carbonyl (C=O) groups excluding carboxylic acids is 1. The number of amides is 1. The Morgan fingerprint density at radius 1 is 1.45 bits per heavy atom. The van der Waals surface area contributed by atoms with Gasteiger partial charge in [-0.2, -0.15) is 0 Å². The number of aryl methyl sites for hydroxylation is 1. The number of aliphatic carboxylic acids is 1. The van der Waals surface area contributed by atoms with Crippen molar-refractivity contribution in [3.05, 3.63) is 21.4 Å². The molecule has 1 aliphatic carbocycles. The van der Waals surface area contributed by atoms with Crippen LogP contribution in [0.1, 0.15) is 53.2 Å². The zero-order chi connectivity index (χ0) is 15.9. The molecule has 0 aromatic carbocycles. The first-order valence-corrected chi connectivity index (χ1v) is 8.85. The lowest BCUT2D eigenvalue weighted by molar-refractivity contribution is -0.150. The van der Waals surface area contributed by atoms with E-state index in [0.717, 1.165) is 24.1 Å². The fourth-order valence-corrected chi connectivity index (χ4v) is 4.73. The Kier molecular flexibility index (Phi) is 4.02. The molecule has 120 valence electrons. The lowest BCUT2D eigenvalue weighted by atomic mass is 9.82. The van der Waals surface area contributed by atoms with Crippen LogP contribution in [0.4, 0.5) is 0 Å². The number of fused-ring (bicyclic) bond motifs is 1. The second-order valence-corrected chi connectivity index (χ2v) is 8.24. The molecule has 2 heterocycles. The van der Waals surface area contributed by atoms with Crippen molar-refractivity contribution in [2.24, 2.45) is 11.3 Å². The van der Waals surface area contributed by atoms with E-state index in [0.29, 0.717) is 25.4 Å². The van der Waals surface area contributed by atoms with Crippen LogP contribution in [0.2, 0.25) is 0 Å². The fraction of sp³-hybridized carbons (Fsp3) is 0.647. The third-order valence-corrected chi connectivity index (χ3v) is 6.27. The number of rotatable bonds is 2. The topological polar surface area (TPSA) is 57.6 Å². The third-order valence-electron chi connectivity index (χ3n) is 5.04. The van der Waals surface area contributed by atoms with Crippen molar-refractivity contribution in [3.63, 3.8) is 0 Å². The number of carbonyl (C=O) groups is 2. The molecule has 22 heavy (non-hydrogen) atoms. The van der Waals surface area contributed by atoms with Gasteiger partial charge in [-0.1, -0.05) is 6.92 Å². The van der Waals surface area contributed by atoms with E-state index in [2.05, 4.69) is 6.92 Å². The Labute approximate surface area is 135 Å². The number of carboxylic acid groups (broad SMARTS) is 1. The van der Waals surface area contributed by atoms with Gasteiger partial charge in [0.25, 0.3) is 5.91 Å². The number of hydrogen-bond donors (Lipinski definition) is 1. The monoisotopic (exact) mass is 321 g/mol. The van der Waals surface area contributed by atoms with Gasteiger partial charge < -0.3 is 10.0 Å². The molecule has 1 aromatic heterocycles. The van der Waals surface area contributed by atoms with Crippen LogP contribution >= 0.6 is 11.3 Å². The highest BCUT2D eigenvalue weighted by molar-refractivity contribution is 7.14. The van der Waals surface area contributed by atoms with Gasteiger partial charge in [0.2, 0.25) is 0 Å². The van der Waals surface area contributed by atoms with E-state index in [4.69, 9.17) is 0 Å². The van der Waals surface area contributed by atoms with Gasteiger partial charge in [0.15, 0.2) is 0 Å². The first kappa shape index (κ1) is 15.5. The SMILES string of the molecule is CC1CCc2sc(C(=O)N3CCCC(C)(C(=O)O)C3)cc2C1. The summed E-state index contributed by atoms with van der Waals surface area (Å²) < 4.78 is 0. The van der Waals surface area contributed by atoms with Crippen LogP contribution < -0.4 is 0 Å². The van der Waals surface area contributed by atoms with Crippen molar-refractivity contribution in [3.8, 4) is 0 Å². The van der Waals surface area contributed by atoms with Gasteiger partial charge in [0, 0.05) is 18.0 Å². The molecule has 5 heteroatoms. The molecule has 1 aliphatic heterocycles. The molecule has 1 amide bonds. The quantitative estimate of drug-likeness (QED) is 0.910. The highest BCUT2D eigenvalue weighted by Crippen LogP contribution is 2.35. The van der Waals surface area contributed by atoms with E-state index >= 15 is 0 Å². The van der Waals surface area contributed by atoms with Crippen molar-refractivity contribution in [2.75, 3.05) is 13.1 Å². The maximum atomic E-state index is 12.8. The number of likely N-dealkylation sites (tertiary alicyclic amines) is 1. The Hall–Kier alpha value is -1.36. The molecule has 2 atom stereocenters. The van der Waals surface area contributed by atoms with Crippen LogP contribution in [-0.2, 0) is 17.6 Å². The number of thiophene rings is 1. The molecule has 0 spiro atoms. The molecule has 0 saturated carbocycles. The molecule has 4 nitrogen and oxygen atoms in total. The largest absolute Gasteiger partial charge is 0.481 e. The summed E-state index contributed by atoms with van der Waals surface area (Å²) in [6.07, 6.45) is 4.73. The summed E-state index contributed by atoms with van der Waals surface area (Å²) in [7, 11) is 0. The summed E-state index contributed by atoms with van der Waals surface area (Å²) in [6.45, 7) is 4.99. The van der Waals surface area contributed by atoms with Crippen molar-refractivity contribution < 1.29 is 14.7 Å². The molecule has 1 aromatic rings. The Balaban J connectivity index is 1.78. The van der Waals surface area contributed by atoms with Crippen molar-refractivity contribution in [1.82, 2.24) is 4.90 Å². The van der Waals surface area contributed by atoms with E-state index in [-0.39, 0.29) is 5.91 Å². The molecular formula is C17H23NO3S. The zero-order valence-corrected chi connectivity index (χ0v) is 14.0. The summed E-state index contributed by atoms with van der Waals surface area (Å²) in [6, 6.07) is 2.05. The Morgan fingerprint density at radius 3 is 2.95 bits per heavy atom. The molecule has 1 N–H and O–H groups in total. The van der Waals surface area contributed by atoms with E-state index in [1.807, 2.05) is 6.07 Å². The van der Waals surface area contributed by atoms with E-state index < -0.39 is 11.4 Å². The minimum atomic E-state index is -0.806. The lowest BCUT2D eigenvalue weighted by Gasteiger charge is -2.37. The predicted molar refractivity (Wildman–Crippen MR) is 86.4 cm³/mol. The average Bonchev–Trinajstić information content (AvgIpc) is 2.89. The van der Waals surface area contributed by atoms with Crippen LogP contribution in [0.25, 0.3) is 0 Å². The predicted octanol–water partition coefficient (Wildman–Crippen LogP) is 3.20. The maximum Gasteiger partial charge on any atom is 0.311 e. The van der Waals surface area contributed by atoms with Gasteiger partial charge in [0.1, 0.15) is 0 Å². The first-order chi connectivity index (χ1) is 10.4. The molecule has 1 fully saturated rings. The third kappa shape index (κ3) is 2.78. The van der Waals surface area contributed by atoms with Gasteiger partial charge >= 0.3 is 5.97 Å². The van der Waals surface area contributed by atoms with Crippen LogP contribution in [0.5, 0.6) is 0 Å². The van der Waals surface area contributed by atoms with Crippen LogP contribution in [0.15, 0.2) is 6.07 Å². The smallest absolute Gasteiger partial charge is 0.311 e. The Bertz CT molecular complexity index is 609. The summed E-state index contributed by atoms with van der Waals surface area (Å²) in [4.78, 5) is 28.1. The maximum absolute atomic E-state index is 12.8. The van der Waals surface area contributed by atoms with Gasteiger partial charge in [-0.05, 0) is 56.6 Å². The van der Waals surface area contributed by atoms with E-state index in [9.17, 15) is 14.7 Å². The second-order valence-electron chi connectivity index (χ2n) is 7.10. The average molecular weight is 321 g/mol. The zero-order valence-electron chi connectivity index (χ0n) is 13.2. The minimum absolute atomic E-state index is 0.0132. The van der Waals surface area contributed by atoms with Crippen molar-refractivity contribution in [2.45, 2.75) is 46.0 Å². The molecule has 2 aliphatic rings. The lowest BCUT2D eigenvalue weighted by Crippen LogP contribution is -2.48. The van der Waals surface area contributed by atoms with E-state index in [1.54, 1.807) is 23.2 Å². The Morgan fingerprint density at radius 2 is 2.23 bits per heavy atom. The summed E-state index contributed by atoms with van der Waals surface area (Å²) in [5.74, 6) is -0.0983. The van der Waals surface area contributed by atoms with E-state index in [1.165, 1.54) is 16.9 Å². The molecule has 0 bridgehead atoms. The fourth-order valence-electron chi connectivity index (χ4n) is 3.55. The van der Waals surface area contributed by atoms with Gasteiger partial charge in [-0.25, -0.2) is 0 Å². The molecule has 3 rings (SSSR count). The molecule has 1 saturated heterocycles. The number of carboxylic acids is 1. The molecular weight excluding hydrogens is 298 g/mol. The molecule has 0 radical (unpaired) electrons. The van der Waals surface area contributed by atoms with Crippen molar-refractivity contribution in [1.29, 1.82) is 0 Å². The highest BCUT2D eigenvalue weighted by atomic mass is 32.1. The standard InChI is InChI=1S/C17H23NO3S/c1-11-4-5-13-12(8-11)9-14(22-13)15(19)18-7-3-6-17(2,10-18)16(20)21/h9,11H,3-8,10H2,1-2H3,(H,20,21). The van der Waals surface area contributed by atoms with Gasteiger partial charge in [0.05, 0.1) is 10.3 Å². The van der Waals surface area contributed by atoms with Gasteiger partial charge in [-0.3, -0.25) is 9.59 Å². The van der Waals surface area contributed by atoms with Crippen LogP contribution in [0, 0.1) is 11.3 Å². The highest BCUT2D eigenvalue weighted by Gasteiger charge is 2.40. The summed E-state index contributed by atoms with van der Waals surface area (Å²) in [5, 5.41) is 9.39. The normalized spacial score (nSPS) is 28.3. The summed E-state index contributed by atoms with van der Waals surface area (Å²) in [5.41, 5.74) is 0.518. The second kappa shape index (κ2) is 5.69. The number of piperidine rings is 1. The minimum Gasteiger partial charge on any atom is -0.481 e. The summed E-state index contributed by atoms with van der Waals surface area (Å²) >= 11 is 1.61. The van der Waals surface area contributed by atoms with Crippen LogP contribution in [-0.4, -0.2) is 35.0 Å². The van der Waals surface area contributed by atoms with Crippen molar-refractivity contribution >= 4 is 23.2 Å². The molecule has 2 unspecified atom stereocenters. The number of hydrogen-bond acceptors (Lipinski definition) is 3.